The number of phenols is 1. The largest absolute Gasteiger partial charge is 0.508 e. The van der Waals surface area contributed by atoms with Gasteiger partial charge in [0, 0.05) is 0 Å². The van der Waals surface area contributed by atoms with Crippen LogP contribution in [0.1, 0.15) is 29.7 Å². The second-order valence-electron chi connectivity index (χ2n) is 8.48. The van der Waals surface area contributed by atoms with Gasteiger partial charge in [0.2, 0.25) is 0 Å². The monoisotopic (exact) mass is 516 g/mol. The van der Waals surface area contributed by atoms with Crippen molar-refractivity contribution in [2.45, 2.75) is 19.4 Å². The number of carbonyl (C=O) groups is 2. The number of Topliss-reactive ketones (excluding diaryl/α,β-unsaturated/α-hetero) is 1. The summed E-state index contributed by atoms with van der Waals surface area (Å²) < 4.78 is 11.6. The number of aromatic hydroxyl groups is 1. The van der Waals surface area contributed by atoms with Crippen molar-refractivity contribution in [1.29, 1.82) is 0 Å². The minimum atomic E-state index is -0.984. The van der Waals surface area contributed by atoms with Gasteiger partial charge < -0.3 is 19.7 Å². The van der Waals surface area contributed by atoms with Crippen LogP contribution in [0.3, 0.4) is 0 Å². The second kappa shape index (κ2) is 9.59. The number of phenolic OH excluding ortho intramolecular Hbond substituents is 1. The van der Waals surface area contributed by atoms with E-state index in [0.717, 1.165) is 16.7 Å². The molecule has 0 spiro atoms. The topological polar surface area (TPSA) is 109 Å². The summed E-state index contributed by atoms with van der Waals surface area (Å²) in [7, 11) is 2.93. The van der Waals surface area contributed by atoms with Crippen LogP contribution < -0.4 is 14.4 Å². The van der Waals surface area contributed by atoms with E-state index < -0.39 is 23.5 Å². The maximum atomic E-state index is 13.5. The molecule has 1 amide bonds. The minimum Gasteiger partial charge on any atom is -0.508 e. The van der Waals surface area contributed by atoms with Crippen molar-refractivity contribution < 1.29 is 29.3 Å². The number of ketones is 1. The minimum absolute atomic E-state index is 0.0299. The van der Waals surface area contributed by atoms with Crippen molar-refractivity contribution in [2.24, 2.45) is 0 Å². The number of aryl methyl sites for hydroxylation is 1. The quantitative estimate of drug-likeness (QED) is 0.206. The number of aromatic nitrogens is 1. The van der Waals surface area contributed by atoms with Crippen LogP contribution in [0.4, 0.5) is 5.13 Å². The Hall–Kier alpha value is -4.37. The predicted molar refractivity (Wildman–Crippen MR) is 141 cm³/mol. The molecular formula is C28H24N2O6S. The third-order valence-electron chi connectivity index (χ3n) is 6.37. The van der Waals surface area contributed by atoms with E-state index in [1.54, 1.807) is 30.3 Å². The molecule has 0 aliphatic carbocycles. The lowest BCUT2D eigenvalue weighted by Crippen LogP contribution is -2.29. The molecule has 2 heterocycles. The van der Waals surface area contributed by atoms with Gasteiger partial charge in [0.05, 0.1) is 41.6 Å². The number of aliphatic hydroxyl groups excluding tert-OH is 1. The molecule has 1 aliphatic heterocycles. The fourth-order valence-corrected chi connectivity index (χ4v) is 5.48. The average Bonchev–Trinajstić information content (AvgIpc) is 3.45. The highest BCUT2D eigenvalue weighted by molar-refractivity contribution is 7.22. The van der Waals surface area contributed by atoms with Gasteiger partial charge in [-0.1, -0.05) is 36.5 Å². The first kappa shape index (κ1) is 24.3. The Labute approximate surface area is 217 Å². The molecular weight excluding hydrogens is 492 g/mol. The van der Waals surface area contributed by atoms with Crippen molar-refractivity contribution in [1.82, 2.24) is 4.98 Å². The van der Waals surface area contributed by atoms with Crippen molar-refractivity contribution in [3.63, 3.8) is 0 Å². The molecule has 1 saturated heterocycles. The zero-order valence-electron chi connectivity index (χ0n) is 20.4. The zero-order chi connectivity index (χ0) is 26.3. The summed E-state index contributed by atoms with van der Waals surface area (Å²) in [6, 6.07) is 15.9. The summed E-state index contributed by atoms with van der Waals surface area (Å²) in [5, 5.41) is 21.7. The van der Waals surface area contributed by atoms with Gasteiger partial charge in [0.1, 0.15) is 23.0 Å². The fourth-order valence-electron chi connectivity index (χ4n) is 4.43. The van der Waals surface area contributed by atoms with Crippen LogP contribution in [0, 0.1) is 0 Å². The second-order valence-corrected chi connectivity index (χ2v) is 9.49. The van der Waals surface area contributed by atoms with Crippen molar-refractivity contribution in [3.05, 3.63) is 82.9 Å². The van der Waals surface area contributed by atoms with Crippen LogP contribution in [0.25, 0.3) is 16.0 Å². The van der Waals surface area contributed by atoms with E-state index >= 15 is 0 Å². The van der Waals surface area contributed by atoms with E-state index in [1.807, 2.05) is 18.2 Å². The van der Waals surface area contributed by atoms with Gasteiger partial charge in [-0.25, -0.2) is 4.98 Å². The molecule has 1 aliphatic rings. The molecule has 1 unspecified atom stereocenters. The van der Waals surface area contributed by atoms with Crippen molar-refractivity contribution >= 4 is 44.1 Å². The number of ether oxygens (including phenoxy) is 2. The number of methoxy groups -OCH3 is 2. The third-order valence-corrected chi connectivity index (χ3v) is 7.39. The number of hydrogen-bond donors (Lipinski definition) is 2. The molecule has 5 rings (SSSR count). The van der Waals surface area contributed by atoms with Gasteiger partial charge in [-0.05, 0) is 60.0 Å². The lowest BCUT2D eigenvalue weighted by Gasteiger charge is -2.23. The van der Waals surface area contributed by atoms with Crippen LogP contribution in [-0.4, -0.2) is 41.1 Å². The number of hydrogen-bond acceptors (Lipinski definition) is 8. The number of rotatable bonds is 6. The molecule has 4 aromatic rings. The van der Waals surface area contributed by atoms with Gasteiger partial charge in [-0.3, -0.25) is 14.5 Å². The number of aliphatic hydroxyl groups is 1. The normalized spacial score (nSPS) is 16.9. The maximum Gasteiger partial charge on any atom is 0.301 e. The molecule has 3 aromatic carbocycles. The zero-order valence-corrected chi connectivity index (χ0v) is 21.2. The van der Waals surface area contributed by atoms with E-state index in [-0.39, 0.29) is 16.9 Å². The standard InChI is InChI=1S/C28H24N2O6S/c1-4-15-5-11-20-22(13-15)37-28(29-20)30-24(16-6-8-17(31)9-7-16)23(26(33)27(30)34)25(32)19-14-18(35-2)10-12-21(19)36-3/h5-14,24,31-32H,4H2,1-3H3/b25-23+. The highest BCUT2D eigenvalue weighted by atomic mass is 32.1. The number of carbonyl (C=O) groups excluding carboxylic acids is 2. The van der Waals surface area contributed by atoms with Crippen LogP contribution in [0.5, 0.6) is 17.2 Å². The third kappa shape index (κ3) is 4.17. The van der Waals surface area contributed by atoms with E-state index in [2.05, 4.69) is 11.9 Å². The fraction of sp³-hybridized carbons (Fsp3) is 0.179. The maximum absolute atomic E-state index is 13.5. The molecule has 2 N–H and O–H groups in total. The summed E-state index contributed by atoms with van der Waals surface area (Å²) in [5.41, 5.74) is 2.45. The lowest BCUT2D eigenvalue weighted by atomic mass is 9.95. The molecule has 1 fully saturated rings. The predicted octanol–water partition coefficient (Wildman–Crippen LogP) is 5.21. The number of amides is 1. The van der Waals surface area contributed by atoms with Gasteiger partial charge in [0.25, 0.3) is 5.78 Å². The van der Waals surface area contributed by atoms with Crippen LogP contribution in [0.15, 0.2) is 66.2 Å². The summed E-state index contributed by atoms with van der Waals surface area (Å²) in [4.78, 5) is 32.9. The highest BCUT2D eigenvalue weighted by Gasteiger charge is 2.48. The van der Waals surface area contributed by atoms with Gasteiger partial charge in [0.15, 0.2) is 5.13 Å². The van der Waals surface area contributed by atoms with E-state index in [0.29, 0.717) is 27.7 Å². The highest BCUT2D eigenvalue weighted by Crippen LogP contribution is 2.45. The van der Waals surface area contributed by atoms with E-state index in [1.165, 1.54) is 42.6 Å². The molecule has 188 valence electrons. The van der Waals surface area contributed by atoms with Crippen molar-refractivity contribution in [3.8, 4) is 17.2 Å². The van der Waals surface area contributed by atoms with Gasteiger partial charge >= 0.3 is 5.91 Å². The Balaban J connectivity index is 1.74. The number of fused-ring (bicyclic) bond motifs is 1. The molecule has 0 radical (unpaired) electrons. The number of benzene rings is 3. The Morgan fingerprint density at radius 2 is 1.78 bits per heavy atom. The smallest absolute Gasteiger partial charge is 0.301 e. The first-order valence-corrected chi connectivity index (χ1v) is 12.4. The molecule has 1 aromatic heterocycles. The Kier molecular flexibility index (Phi) is 6.31. The van der Waals surface area contributed by atoms with Gasteiger partial charge in [-0.2, -0.15) is 0 Å². The molecule has 8 nitrogen and oxygen atoms in total. The van der Waals surface area contributed by atoms with Crippen LogP contribution >= 0.6 is 11.3 Å². The van der Waals surface area contributed by atoms with E-state index in [4.69, 9.17) is 9.47 Å². The summed E-state index contributed by atoms with van der Waals surface area (Å²) in [6.07, 6.45) is 0.851. The van der Waals surface area contributed by atoms with Crippen molar-refractivity contribution in [2.75, 3.05) is 19.1 Å². The number of thiazole rings is 1. The first-order chi connectivity index (χ1) is 17.9. The van der Waals surface area contributed by atoms with Gasteiger partial charge in [-0.15, -0.1) is 0 Å². The molecule has 0 bridgehead atoms. The average molecular weight is 517 g/mol. The molecule has 37 heavy (non-hydrogen) atoms. The number of nitrogens with zero attached hydrogens (tertiary/aromatic N) is 2. The molecule has 0 saturated carbocycles. The Morgan fingerprint density at radius 1 is 1.03 bits per heavy atom. The summed E-state index contributed by atoms with van der Waals surface area (Å²) in [6.45, 7) is 2.05. The summed E-state index contributed by atoms with van der Waals surface area (Å²) >= 11 is 1.30. The Bertz CT molecular complexity index is 1560. The van der Waals surface area contributed by atoms with Crippen LogP contribution in [-0.2, 0) is 16.0 Å². The number of anilines is 1. The van der Waals surface area contributed by atoms with E-state index in [9.17, 15) is 19.8 Å². The SMILES string of the molecule is CCc1ccc2nc(N3C(=O)C(=O)/C(=C(/O)c4cc(OC)ccc4OC)C3c3ccc(O)cc3)sc2c1. The first-order valence-electron chi connectivity index (χ1n) is 11.6. The Morgan fingerprint density at radius 3 is 2.46 bits per heavy atom. The van der Waals surface area contributed by atoms with Crippen LogP contribution in [0.2, 0.25) is 0 Å². The molecule has 9 heteroatoms. The summed E-state index contributed by atoms with van der Waals surface area (Å²) in [5.74, 6) is -1.28. The molecule has 1 atom stereocenters. The lowest BCUT2D eigenvalue weighted by molar-refractivity contribution is -0.132.